The molecule has 0 saturated carbocycles. The number of para-hydroxylation sites is 1. The van der Waals surface area contributed by atoms with E-state index in [2.05, 4.69) is 71.6 Å². The van der Waals surface area contributed by atoms with E-state index in [1.165, 1.54) is 16.7 Å². The largest absolute Gasteiger partial charge is 0.489 e. The minimum atomic E-state index is -0.913. The van der Waals surface area contributed by atoms with Crippen LogP contribution in [-0.4, -0.2) is 47.6 Å². The average Bonchev–Trinajstić information content (AvgIpc) is 3.04. The number of aryl methyl sites for hydroxylation is 2. The van der Waals surface area contributed by atoms with Crippen molar-refractivity contribution in [1.82, 2.24) is 4.90 Å². The van der Waals surface area contributed by atoms with Gasteiger partial charge in [0.05, 0.1) is 5.56 Å². The van der Waals surface area contributed by atoms with E-state index in [0.717, 1.165) is 75.0 Å². The van der Waals surface area contributed by atoms with Crippen LogP contribution in [0.25, 0.3) is 0 Å². The first kappa shape index (κ1) is 32.0. The Hall–Kier alpha value is -3.97. The first-order valence-electron chi connectivity index (χ1n) is 15.2. The second-order valence-electron chi connectivity index (χ2n) is 10.8. The molecule has 0 unspecified atom stereocenters. The summed E-state index contributed by atoms with van der Waals surface area (Å²) in [7, 11) is 0. The number of unbranched alkanes of at least 4 members (excludes halogenated alkanes) is 2. The molecule has 0 bridgehead atoms. The van der Waals surface area contributed by atoms with Crippen molar-refractivity contribution in [2.75, 3.05) is 26.5 Å². The monoisotopic (exact) mass is 581 g/mol. The van der Waals surface area contributed by atoms with Gasteiger partial charge in [-0.05, 0) is 91.1 Å². The van der Waals surface area contributed by atoms with Crippen LogP contribution in [0, 0.1) is 0 Å². The Morgan fingerprint density at radius 1 is 0.651 bits per heavy atom. The molecular formula is C37H43NO5. The smallest absolute Gasteiger partial charge is 0.335 e. The lowest BCUT2D eigenvalue weighted by Crippen LogP contribution is -2.27. The van der Waals surface area contributed by atoms with E-state index in [9.17, 15) is 9.90 Å². The molecule has 6 nitrogen and oxygen atoms in total. The molecule has 0 aromatic heterocycles. The number of ether oxygens (including phenoxy) is 2. The SMILES string of the molecule is O=C(O)c1ccc(CN(CCCCCOCO)CCc2ccccc2OCc2ccc(CCc3ccccc3)cc2)cc1. The van der Waals surface area contributed by atoms with E-state index in [1.807, 2.05) is 24.3 Å². The molecule has 0 aliphatic rings. The second kappa shape index (κ2) is 17.9. The number of aliphatic hydroxyl groups excluding tert-OH is 1. The second-order valence-corrected chi connectivity index (χ2v) is 10.8. The van der Waals surface area contributed by atoms with Crippen molar-refractivity contribution < 1.29 is 24.5 Å². The number of aliphatic hydroxyl groups is 1. The highest BCUT2D eigenvalue weighted by Gasteiger charge is 2.11. The maximum absolute atomic E-state index is 11.3. The summed E-state index contributed by atoms with van der Waals surface area (Å²) in [5.74, 6) is -0.00770. The molecule has 4 aromatic carbocycles. The van der Waals surface area contributed by atoms with Crippen molar-refractivity contribution >= 4 is 5.97 Å². The molecule has 4 aromatic rings. The molecule has 0 aliphatic carbocycles. The van der Waals surface area contributed by atoms with Gasteiger partial charge in [-0.3, -0.25) is 4.90 Å². The van der Waals surface area contributed by atoms with Crippen molar-refractivity contribution in [2.45, 2.75) is 51.7 Å². The van der Waals surface area contributed by atoms with Gasteiger partial charge in [0.2, 0.25) is 0 Å². The van der Waals surface area contributed by atoms with Crippen LogP contribution < -0.4 is 4.74 Å². The number of carboxylic acids is 1. The third-order valence-electron chi connectivity index (χ3n) is 7.59. The lowest BCUT2D eigenvalue weighted by molar-refractivity contribution is -0.00297. The van der Waals surface area contributed by atoms with Gasteiger partial charge in [0, 0.05) is 19.7 Å². The maximum atomic E-state index is 11.3. The number of carbonyl (C=O) groups is 1. The van der Waals surface area contributed by atoms with Gasteiger partial charge in [0.1, 0.15) is 19.1 Å². The highest BCUT2D eigenvalue weighted by atomic mass is 16.6. The molecule has 0 spiro atoms. The topological polar surface area (TPSA) is 79.2 Å². The van der Waals surface area contributed by atoms with Crippen LogP contribution in [0.1, 0.15) is 57.4 Å². The maximum Gasteiger partial charge on any atom is 0.335 e. The van der Waals surface area contributed by atoms with Gasteiger partial charge in [0.25, 0.3) is 0 Å². The first-order valence-corrected chi connectivity index (χ1v) is 15.2. The lowest BCUT2D eigenvalue weighted by atomic mass is 10.0. The van der Waals surface area contributed by atoms with Crippen LogP contribution in [0.15, 0.2) is 103 Å². The predicted molar refractivity (Wildman–Crippen MR) is 170 cm³/mol. The van der Waals surface area contributed by atoms with Crippen molar-refractivity contribution in [2.24, 2.45) is 0 Å². The number of aromatic carboxylic acids is 1. The minimum Gasteiger partial charge on any atom is -0.489 e. The molecule has 43 heavy (non-hydrogen) atoms. The summed E-state index contributed by atoms with van der Waals surface area (Å²) in [6.45, 7) is 3.36. The van der Waals surface area contributed by atoms with Crippen molar-refractivity contribution in [1.29, 1.82) is 0 Å². The Morgan fingerprint density at radius 3 is 2.02 bits per heavy atom. The van der Waals surface area contributed by atoms with E-state index in [-0.39, 0.29) is 6.79 Å². The number of hydrogen-bond acceptors (Lipinski definition) is 5. The van der Waals surface area contributed by atoms with Crippen molar-refractivity contribution in [3.63, 3.8) is 0 Å². The Balaban J connectivity index is 1.31. The van der Waals surface area contributed by atoms with Gasteiger partial charge in [0.15, 0.2) is 0 Å². The fraction of sp³-hybridized carbons (Fsp3) is 0.324. The number of benzene rings is 4. The van der Waals surface area contributed by atoms with Crippen molar-refractivity contribution in [3.8, 4) is 5.75 Å². The van der Waals surface area contributed by atoms with E-state index < -0.39 is 5.97 Å². The van der Waals surface area contributed by atoms with Crippen LogP contribution in [-0.2, 0) is 37.2 Å². The zero-order valence-corrected chi connectivity index (χ0v) is 24.9. The quantitative estimate of drug-likeness (QED) is 0.0924. The van der Waals surface area contributed by atoms with Crippen LogP contribution in [0.4, 0.5) is 0 Å². The van der Waals surface area contributed by atoms with Gasteiger partial charge in [-0.25, -0.2) is 4.79 Å². The number of hydrogen-bond donors (Lipinski definition) is 2. The average molecular weight is 582 g/mol. The molecule has 0 radical (unpaired) electrons. The fourth-order valence-electron chi connectivity index (χ4n) is 5.09. The summed E-state index contributed by atoms with van der Waals surface area (Å²) in [6, 6.07) is 34.7. The Labute approximate surface area is 255 Å². The molecule has 0 fully saturated rings. The summed E-state index contributed by atoms with van der Waals surface area (Å²) < 4.78 is 11.4. The Morgan fingerprint density at radius 2 is 1.30 bits per heavy atom. The normalized spacial score (nSPS) is 11.1. The molecule has 6 heteroatoms. The molecule has 2 N–H and O–H groups in total. The third kappa shape index (κ3) is 11.3. The summed E-state index contributed by atoms with van der Waals surface area (Å²) >= 11 is 0. The molecular weight excluding hydrogens is 538 g/mol. The molecule has 4 rings (SSSR count). The van der Waals surface area contributed by atoms with E-state index in [0.29, 0.717) is 18.8 Å². The molecule has 0 amide bonds. The van der Waals surface area contributed by atoms with Crippen LogP contribution in [0.5, 0.6) is 5.75 Å². The van der Waals surface area contributed by atoms with Gasteiger partial charge < -0.3 is 19.7 Å². The van der Waals surface area contributed by atoms with E-state index in [4.69, 9.17) is 14.6 Å². The number of carboxylic acid groups (broad SMARTS) is 1. The van der Waals surface area contributed by atoms with Crippen molar-refractivity contribution in [3.05, 3.63) is 137 Å². The summed E-state index contributed by atoms with van der Waals surface area (Å²) in [5.41, 5.74) is 6.39. The van der Waals surface area contributed by atoms with Gasteiger partial charge in [-0.15, -0.1) is 0 Å². The minimum absolute atomic E-state index is 0.236. The van der Waals surface area contributed by atoms with Gasteiger partial charge in [-0.2, -0.15) is 0 Å². The lowest BCUT2D eigenvalue weighted by Gasteiger charge is -2.23. The molecule has 0 aliphatic heterocycles. The van der Waals surface area contributed by atoms with Crippen LogP contribution in [0.2, 0.25) is 0 Å². The van der Waals surface area contributed by atoms with Crippen LogP contribution >= 0.6 is 0 Å². The summed E-state index contributed by atoms with van der Waals surface area (Å²) in [6.07, 6.45) is 5.83. The van der Waals surface area contributed by atoms with E-state index >= 15 is 0 Å². The number of nitrogens with zero attached hydrogens (tertiary/aromatic N) is 1. The zero-order valence-electron chi connectivity index (χ0n) is 24.9. The number of rotatable bonds is 19. The molecule has 0 saturated heterocycles. The summed E-state index contributed by atoms with van der Waals surface area (Å²) in [4.78, 5) is 13.7. The Kier molecular flexibility index (Phi) is 13.3. The molecule has 0 heterocycles. The van der Waals surface area contributed by atoms with Gasteiger partial charge in [-0.1, -0.05) is 84.9 Å². The standard InChI is InChI=1S/C37H43NO5/c39-29-42-26-8-2-7-24-38(27-32-19-21-35(22-20-32)37(40)41)25-23-34-11-5-6-12-36(34)43-28-33-17-15-31(16-18-33)14-13-30-9-3-1-4-10-30/h1,3-6,9-12,15-22,39H,2,7-8,13-14,23-29H2,(H,40,41). The Bertz CT molecular complexity index is 1360. The molecule has 0 atom stereocenters. The predicted octanol–water partition coefficient (Wildman–Crippen LogP) is 6.93. The van der Waals surface area contributed by atoms with E-state index in [1.54, 1.807) is 12.1 Å². The van der Waals surface area contributed by atoms with Gasteiger partial charge >= 0.3 is 5.97 Å². The molecule has 226 valence electrons. The highest BCUT2D eigenvalue weighted by molar-refractivity contribution is 5.87. The fourth-order valence-corrected chi connectivity index (χ4v) is 5.09. The third-order valence-corrected chi connectivity index (χ3v) is 7.59. The van der Waals surface area contributed by atoms with Crippen LogP contribution in [0.3, 0.4) is 0 Å². The summed E-state index contributed by atoms with van der Waals surface area (Å²) in [5, 5.41) is 18.1. The first-order chi connectivity index (χ1) is 21.1. The highest BCUT2D eigenvalue weighted by Crippen LogP contribution is 2.21. The zero-order chi connectivity index (χ0) is 30.1.